The first-order valence-corrected chi connectivity index (χ1v) is 10.6. The van der Waals surface area contributed by atoms with Gasteiger partial charge in [0.15, 0.2) is 0 Å². The predicted molar refractivity (Wildman–Crippen MR) is 106 cm³/mol. The van der Waals surface area contributed by atoms with Crippen molar-refractivity contribution < 1.29 is 26.9 Å². The van der Waals surface area contributed by atoms with Gasteiger partial charge in [-0.15, -0.1) is 0 Å². The Morgan fingerprint density at radius 1 is 1.31 bits per heavy atom. The van der Waals surface area contributed by atoms with Gasteiger partial charge in [-0.1, -0.05) is 0 Å². The number of aromatic nitrogens is 1. The Labute approximate surface area is 168 Å². The summed E-state index contributed by atoms with van der Waals surface area (Å²) in [5.74, 6) is -0.762. The van der Waals surface area contributed by atoms with Crippen LogP contribution in [0.5, 0.6) is 0 Å². The van der Waals surface area contributed by atoms with Crippen molar-refractivity contribution in [1.29, 1.82) is 0 Å². The Morgan fingerprint density at radius 2 is 2.07 bits per heavy atom. The molecule has 8 nitrogen and oxygen atoms in total. The van der Waals surface area contributed by atoms with E-state index in [2.05, 4.69) is 10.3 Å². The molecule has 0 fully saturated rings. The SMILES string of the molecule is CCOC(=O)c1c(C)[nH]c(/C=C2\C(=O)Nc3ccc4c(c32)CCOS4(=O)=O)c1C. The summed E-state index contributed by atoms with van der Waals surface area (Å²) in [5.41, 5.74) is 4.35. The van der Waals surface area contributed by atoms with Crippen molar-refractivity contribution in [3.05, 3.63) is 45.8 Å². The molecule has 2 N–H and O–H groups in total. The van der Waals surface area contributed by atoms with E-state index in [9.17, 15) is 18.0 Å². The third kappa shape index (κ3) is 3.06. The molecule has 2 aliphatic heterocycles. The first kappa shape index (κ1) is 19.4. The summed E-state index contributed by atoms with van der Waals surface area (Å²) in [6.45, 7) is 5.56. The van der Waals surface area contributed by atoms with Gasteiger partial charge >= 0.3 is 5.97 Å². The summed E-state index contributed by atoms with van der Waals surface area (Å²) in [6.07, 6.45) is 2.02. The monoisotopic (exact) mass is 416 g/mol. The average molecular weight is 416 g/mol. The number of carbonyl (C=O) groups excluding carboxylic acids is 2. The molecule has 0 saturated heterocycles. The predicted octanol–water partition coefficient (Wildman–Crippen LogP) is 2.56. The second-order valence-corrected chi connectivity index (χ2v) is 8.47. The Hall–Kier alpha value is -2.91. The highest BCUT2D eigenvalue weighted by atomic mass is 32.2. The van der Waals surface area contributed by atoms with Crippen molar-refractivity contribution in [3.63, 3.8) is 0 Å². The number of ether oxygens (including phenoxy) is 1. The number of nitrogens with one attached hydrogen (secondary N) is 2. The Balaban J connectivity index is 1.87. The van der Waals surface area contributed by atoms with Gasteiger partial charge in [0.05, 0.1) is 29.2 Å². The largest absolute Gasteiger partial charge is 0.462 e. The van der Waals surface area contributed by atoms with Gasteiger partial charge in [-0.2, -0.15) is 8.42 Å². The van der Waals surface area contributed by atoms with Crippen LogP contribution in [0.2, 0.25) is 0 Å². The van der Waals surface area contributed by atoms with Gasteiger partial charge < -0.3 is 15.0 Å². The Morgan fingerprint density at radius 3 is 2.79 bits per heavy atom. The van der Waals surface area contributed by atoms with Gasteiger partial charge in [0, 0.05) is 22.6 Å². The molecule has 1 amide bonds. The lowest BCUT2D eigenvalue weighted by molar-refractivity contribution is -0.110. The van der Waals surface area contributed by atoms with Crippen molar-refractivity contribution in [2.45, 2.75) is 32.1 Å². The minimum absolute atomic E-state index is 0.0287. The number of aromatic amines is 1. The fourth-order valence-corrected chi connectivity index (χ4v) is 5.02. The van der Waals surface area contributed by atoms with Crippen LogP contribution in [0.25, 0.3) is 11.6 Å². The van der Waals surface area contributed by atoms with Crippen molar-refractivity contribution in [2.24, 2.45) is 0 Å². The molecule has 0 aliphatic carbocycles. The zero-order valence-electron chi connectivity index (χ0n) is 16.2. The van der Waals surface area contributed by atoms with Crippen LogP contribution in [0.3, 0.4) is 0 Å². The molecule has 0 unspecified atom stereocenters. The van der Waals surface area contributed by atoms with E-state index in [4.69, 9.17) is 8.92 Å². The normalized spacial score (nSPS) is 18.3. The summed E-state index contributed by atoms with van der Waals surface area (Å²) in [5, 5.41) is 2.78. The highest BCUT2D eigenvalue weighted by molar-refractivity contribution is 7.86. The quantitative estimate of drug-likeness (QED) is 0.452. The number of anilines is 1. The molecular weight excluding hydrogens is 396 g/mol. The molecule has 0 spiro atoms. The van der Waals surface area contributed by atoms with Crippen LogP contribution in [0.4, 0.5) is 5.69 Å². The van der Waals surface area contributed by atoms with Gasteiger partial charge in [-0.05, 0) is 56.5 Å². The maximum atomic E-state index is 12.7. The summed E-state index contributed by atoms with van der Waals surface area (Å²) in [7, 11) is -3.84. The van der Waals surface area contributed by atoms with Crippen molar-refractivity contribution in [3.8, 4) is 0 Å². The Bertz CT molecular complexity index is 1190. The lowest BCUT2D eigenvalue weighted by atomic mass is 9.97. The Kier molecular flexibility index (Phi) is 4.59. The minimum Gasteiger partial charge on any atom is -0.462 e. The first-order chi connectivity index (χ1) is 13.7. The molecule has 2 aliphatic rings. The highest BCUT2D eigenvalue weighted by Crippen LogP contribution is 2.41. The number of aryl methyl sites for hydroxylation is 1. The molecule has 1 aromatic heterocycles. The third-order valence-electron chi connectivity index (χ3n) is 5.14. The number of fused-ring (bicyclic) bond motifs is 3. The molecule has 1 aromatic carbocycles. The van der Waals surface area contributed by atoms with Crippen LogP contribution in [-0.2, 0) is 30.3 Å². The molecule has 3 heterocycles. The number of esters is 1. The number of carbonyl (C=O) groups is 2. The average Bonchev–Trinajstić information content (AvgIpc) is 3.11. The van der Waals surface area contributed by atoms with Crippen LogP contribution in [-0.4, -0.2) is 38.5 Å². The number of amides is 1. The summed E-state index contributed by atoms with van der Waals surface area (Å²) in [6, 6.07) is 3.02. The number of rotatable bonds is 3. The van der Waals surface area contributed by atoms with E-state index >= 15 is 0 Å². The van der Waals surface area contributed by atoms with Crippen molar-refractivity contribution in [2.75, 3.05) is 18.5 Å². The molecule has 0 atom stereocenters. The summed E-state index contributed by atoms with van der Waals surface area (Å²) >= 11 is 0. The van der Waals surface area contributed by atoms with E-state index in [1.807, 2.05) is 0 Å². The molecule has 29 heavy (non-hydrogen) atoms. The maximum absolute atomic E-state index is 12.7. The minimum atomic E-state index is -3.84. The highest BCUT2D eigenvalue weighted by Gasteiger charge is 2.34. The van der Waals surface area contributed by atoms with Gasteiger partial charge in [-0.3, -0.25) is 8.98 Å². The van der Waals surface area contributed by atoms with Gasteiger partial charge in [0.1, 0.15) is 0 Å². The van der Waals surface area contributed by atoms with E-state index in [-0.39, 0.29) is 24.0 Å². The van der Waals surface area contributed by atoms with Gasteiger partial charge in [-0.25, -0.2) is 4.79 Å². The fraction of sp³-hybridized carbons (Fsp3) is 0.300. The smallest absolute Gasteiger partial charge is 0.340 e. The number of hydrogen-bond acceptors (Lipinski definition) is 6. The first-order valence-electron chi connectivity index (χ1n) is 9.19. The lowest BCUT2D eigenvalue weighted by Crippen LogP contribution is -2.19. The molecule has 0 radical (unpaired) electrons. The van der Waals surface area contributed by atoms with Crippen LogP contribution >= 0.6 is 0 Å². The standard InChI is InChI=1S/C20H20N2O6S/c1-4-27-20(24)17-10(2)15(21-11(17)3)9-13-18-12-7-8-28-29(25,26)16(12)6-5-14(18)22-19(13)23/h5-6,9,21H,4,7-8H2,1-3H3,(H,22,23)/b13-9-. The van der Waals surface area contributed by atoms with E-state index < -0.39 is 16.1 Å². The van der Waals surface area contributed by atoms with Crippen molar-refractivity contribution >= 4 is 39.3 Å². The third-order valence-corrected chi connectivity index (χ3v) is 6.53. The van der Waals surface area contributed by atoms with Crippen LogP contribution in [0.15, 0.2) is 17.0 Å². The summed E-state index contributed by atoms with van der Waals surface area (Å²) in [4.78, 5) is 28.1. The molecule has 0 saturated carbocycles. The van der Waals surface area contributed by atoms with Crippen molar-refractivity contribution in [1.82, 2.24) is 4.98 Å². The van der Waals surface area contributed by atoms with Gasteiger partial charge in [0.25, 0.3) is 16.0 Å². The molecule has 0 bridgehead atoms. The van der Waals surface area contributed by atoms with Crippen LogP contribution in [0.1, 0.15) is 45.4 Å². The second-order valence-electron chi connectivity index (χ2n) is 6.89. The van der Waals surface area contributed by atoms with E-state index in [0.717, 1.165) is 0 Å². The van der Waals surface area contributed by atoms with Gasteiger partial charge in [0.2, 0.25) is 0 Å². The van der Waals surface area contributed by atoms with Crippen LogP contribution in [0, 0.1) is 13.8 Å². The molecular formula is C20H20N2O6S. The molecule has 9 heteroatoms. The zero-order valence-corrected chi connectivity index (χ0v) is 17.0. The zero-order chi connectivity index (χ0) is 20.9. The molecule has 152 valence electrons. The molecule has 4 rings (SSSR count). The maximum Gasteiger partial charge on any atom is 0.340 e. The van der Waals surface area contributed by atoms with E-state index in [1.165, 1.54) is 6.07 Å². The molecule has 2 aromatic rings. The lowest BCUT2D eigenvalue weighted by Gasteiger charge is -2.19. The van der Waals surface area contributed by atoms with Crippen LogP contribution < -0.4 is 5.32 Å². The topological polar surface area (TPSA) is 115 Å². The number of benzene rings is 1. The number of hydrogen-bond donors (Lipinski definition) is 2. The van der Waals surface area contributed by atoms with E-state index in [0.29, 0.717) is 51.3 Å². The second kappa shape index (κ2) is 6.85. The van der Waals surface area contributed by atoms with E-state index in [1.54, 1.807) is 32.9 Å². The number of H-pyrrole nitrogens is 1. The summed E-state index contributed by atoms with van der Waals surface area (Å²) < 4.78 is 34.5. The fourth-order valence-electron chi connectivity index (χ4n) is 3.85.